The Labute approximate surface area is 132 Å². The maximum Gasteiger partial charge on any atom is 0.208 e. The van der Waals surface area contributed by atoms with Crippen LogP contribution in [0.25, 0.3) is 0 Å². The van der Waals surface area contributed by atoms with E-state index in [2.05, 4.69) is 30.0 Å². The minimum Gasteiger partial charge on any atom is -0.309 e. The van der Waals surface area contributed by atoms with Crippen LogP contribution in [0.15, 0.2) is 18.2 Å². The fourth-order valence-corrected chi connectivity index (χ4v) is 3.68. The lowest BCUT2D eigenvalue weighted by Crippen LogP contribution is -2.33. The van der Waals surface area contributed by atoms with Gasteiger partial charge in [-0.25, -0.2) is 13.1 Å². The van der Waals surface area contributed by atoms with Gasteiger partial charge in [0.15, 0.2) is 0 Å². The van der Waals surface area contributed by atoms with Gasteiger partial charge in [-0.3, -0.25) is 0 Å². The Morgan fingerprint density at radius 1 is 1.33 bits per heavy atom. The fraction of sp³-hybridized carbons (Fsp3) is 0.600. The molecule has 0 spiro atoms. The quantitative estimate of drug-likeness (QED) is 0.788. The molecule has 2 N–H and O–H groups in total. The van der Waals surface area contributed by atoms with Crippen molar-refractivity contribution in [2.75, 3.05) is 19.3 Å². The Morgan fingerprint density at radius 3 is 2.71 bits per heavy atom. The molecule has 21 heavy (non-hydrogen) atoms. The summed E-state index contributed by atoms with van der Waals surface area (Å²) >= 11 is 6.11. The molecule has 118 valence electrons. The van der Waals surface area contributed by atoms with Crippen molar-refractivity contribution in [2.45, 2.75) is 32.7 Å². The maximum absolute atomic E-state index is 11.0. The molecule has 1 unspecified atom stereocenters. The van der Waals surface area contributed by atoms with Crippen molar-refractivity contribution in [3.63, 3.8) is 0 Å². The second-order valence-electron chi connectivity index (χ2n) is 6.42. The number of nitrogens with one attached hydrogen (secondary N) is 2. The molecule has 0 aliphatic heterocycles. The Bertz CT molecular complexity index is 614. The van der Waals surface area contributed by atoms with Crippen molar-refractivity contribution < 1.29 is 8.42 Å². The number of halogens is 1. The van der Waals surface area contributed by atoms with Gasteiger partial charge >= 0.3 is 0 Å². The summed E-state index contributed by atoms with van der Waals surface area (Å²) in [7, 11) is -3.10. The third-order valence-corrected chi connectivity index (χ3v) is 4.88. The molecule has 0 bridgehead atoms. The third-order valence-electron chi connectivity index (χ3n) is 3.91. The van der Waals surface area contributed by atoms with Crippen molar-refractivity contribution >= 4 is 21.6 Å². The van der Waals surface area contributed by atoms with Crippen LogP contribution in [0.1, 0.15) is 37.4 Å². The summed E-state index contributed by atoms with van der Waals surface area (Å²) in [6.07, 6.45) is 2.97. The smallest absolute Gasteiger partial charge is 0.208 e. The first kappa shape index (κ1) is 16.7. The first-order valence-electron chi connectivity index (χ1n) is 7.15. The van der Waals surface area contributed by atoms with E-state index in [1.807, 2.05) is 12.1 Å². The van der Waals surface area contributed by atoms with Crippen LogP contribution in [-0.4, -0.2) is 27.8 Å². The molecule has 0 radical (unpaired) electrons. The highest BCUT2D eigenvalue weighted by atomic mass is 35.5. The van der Waals surface area contributed by atoms with Gasteiger partial charge in [0.25, 0.3) is 0 Å². The average Bonchev–Trinajstić information content (AvgIpc) is 2.58. The molecule has 6 heteroatoms. The number of sulfonamides is 1. The molecule has 1 aromatic rings. The first-order chi connectivity index (χ1) is 9.69. The van der Waals surface area contributed by atoms with Crippen LogP contribution in [0.4, 0.5) is 0 Å². The van der Waals surface area contributed by atoms with Gasteiger partial charge in [-0.15, -0.1) is 0 Å². The van der Waals surface area contributed by atoms with Crippen molar-refractivity contribution in [3.8, 4) is 0 Å². The molecule has 1 aliphatic rings. The number of fused-ring (bicyclic) bond motifs is 1. The van der Waals surface area contributed by atoms with E-state index >= 15 is 0 Å². The second kappa shape index (κ2) is 6.24. The largest absolute Gasteiger partial charge is 0.309 e. The maximum atomic E-state index is 11.0. The molecule has 1 atom stereocenters. The highest BCUT2D eigenvalue weighted by Crippen LogP contribution is 2.45. The van der Waals surface area contributed by atoms with Crippen molar-refractivity contribution in [1.29, 1.82) is 0 Å². The number of hydrogen-bond acceptors (Lipinski definition) is 3. The standard InChI is InChI=1S/C15H23ClN2O2S/c1-15(2)10-11-5-6-12(16)9-13(11)14(15)17-7-4-8-18-21(3,19)20/h5-6,9,14,17-18H,4,7-8,10H2,1-3H3. The molecule has 0 fully saturated rings. The molecular formula is C15H23ClN2O2S. The SMILES string of the molecule is CC1(C)Cc2ccc(Cl)cc2C1NCCCNS(C)(=O)=O. The third kappa shape index (κ3) is 4.42. The van der Waals surface area contributed by atoms with E-state index < -0.39 is 10.0 Å². The van der Waals surface area contributed by atoms with E-state index in [1.165, 1.54) is 17.4 Å². The summed E-state index contributed by atoms with van der Waals surface area (Å²) in [5, 5.41) is 4.31. The van der Waals surface area contributed by atoms with Gasteiger partial charge in [-0.2, -0.15) is 0 Å². The van der Waals surface area contributed by atoms with E-state index in [1.54, 1.807) is 0 Å². The zero-order valence-corrected chi connectivity index (χ0v) is 14.3. The van der Waals surface area contributed by atoms with Gasteiger partial charge in [0.1, 0.15) is 0 Å². The van der Waals surface area contributed by atoms with Crippen LogP contribution in [0.5, 0.6) is 0 Å². The number of benzene rings is 1. The van der Waals surface area contributed by atoms with Gasteiger partial charge in [0, 0.05) is 17.6 Å². The average molecular weight is 331 g/mol. The van der Waals surface area contributed by atoms with E-state index in [4.69, 9.17) is 11.6 Å². The molecular weight excluding hydrogens is 308 g/mol. The summed E-state index contributed by atoms with van der Waals surface area (Å²) in [4.78, 5) is 0. The van der Waals surface area contributed by atoms with Gasteiger partial charge < -0.3 is 5.32 Å². The molecule has 0 saturated heterocycles. The summed E-state index contributed by atoms with van der Waals surface area (Å²) in [5.41, 5.74) is 2.75. The van der Waals surface area contributed by atoms with Crippen LogP contribution in [-0.2, 0) is 16.4 Å². The molecule has 1 aromatic carbocycles. The normalized spacial score (nSPS) is 20.5. The van der Waals surface area contributed by atoms with Crippen LogP contribution in [0.3, 0.4) is 0 Å². The Hall–Kier alpha value is -0.620. The molecule has 0 amide bonds. The summed E-state index contributed by atoms with van der Waals surface area (Å²) in [5.74, 6) is 0. The lowest BCUT2D eigenvalue weighted by Gasteiger charge is -2.28. The van der Waals surface area contributed by atoms with E-state index in [9.17, 15) is 8.42 Å². The summed E-state index contributed by atoms with van der Waals surface area (Å²) < 4.78 is 24.5. The second-order valence-corrected chi connectivity index (χ2v) is 8.69. The van der Waals surface area contributed by atoms with Crippen LogP contribution in [0, 0.1) is 5.41 Å². The van der Waals surface area contributed by atoms with Gasteiger partial charge in [0.05, 0.1) is 6.26 Å². The summed E-state index contributed by atoms with van der Waals surface area (Å²) in [6.45, 7) is 5.71. The van der Waals surface area contributed by atoms with E-state index in [-0.39, 0.29) is 11.5 Å². The van der Waals surface area contributed by atoms with Crippen LogP contribution >= 0.6 is 11.6 Å². The Balaban J connectivity index is 1.95. The van der Waals surface area contributed by atoms with Gasteiger partial charge in [-0.05, 0) is 48.1 Å². The Kier molecular flexibility index (Phi) is 4.98. The topological polar surface area (TPSA) is 58.2 Å². The van der Waals surface area contributed by atoms with E-state index in [0.717, 1.165) is 24.4 Å². The molecule has 2 rings (SSSR count). The number of rotatable bonds is 6. The van der Waals surface area contributed by atoms with Crippen molar-refractivity contribution in [2.24, 2.45) is 5.41 Å². The van der Waals surface area contributed by atoms with Crippen LogP contribution < -0.4 is 10.0 Å². The molecule has 1 aliphatic carbocycles. The lowest BCUT2D eigenvalue weighted by atomic mass is 9.85. The zero-order valence-electron chi connectivity index (χ0n) is 12.7. The number of hydrogen-bond donors (Lipinski definition) is 2. The first-order valence-corrected chi connectivity index (χ1v) is 9.42. The predicted molar refractivity (Wildman–Crippen MR) is 87.1 cm³/mol. The van der Waals surface area contributed by atoms with Gasteiger partial charge in [0.2, 0.25) is 10.0 Å². The fourth-order valence-electron chi connectivity index (χ4n) is 2.99. The Morgan fingerprint density at radius 2 is 2.05 bits per heavy atom. The molecule has 4 nitrogen and oxygen atoms in total. The highest BCUT2D eigenvalue weighted by molar-refractivity contribution is 7.88. The van der Waals surface area contributed by atoms with E-state index in [0.29, 0.717) is 6.54 Å². The van der Waals surface area contributed by atoms with Crippen molar-refractivity contribution in [3.05, 3.63) is 34.3 Å². The monoisotopic (exact) mass is 330 g/mol. The molecule has 0 aromatic heterocycles. The van der Waals surface area contributed by atoms with Gasteiger partial charge in [-0.1, -0.05) is 31.5 Å². The van der Waals surface area contributed by atoms with Crippen molar-refractivity contribution in [1.82, 2.24) is 10.0 Å². The minimum absolute atomic E-state index is 0.136. The molecule has 0 heterocycles. The summed E-state index contributed by atoms with van der Waals surface area (Å²) in [6, 6.07) is 6.34. The predicted octanol–water partition coefficient (Wildman–Crippen LogP) is 2.49. The lowest BCUT2D eigenvalue weighted by molar-refractivity contribution is 0.269. The molecule has 0 saturated carbocycles. The van der Waals surface area contributed by atoms with Crippen LogP contribution in [0.2, 0.25) is 5.02 Å². The minimum atomic E-state index is -3.10. The highest BCUT2D eigenvalue weighted by Gasteiger charge is 2.38. The zero-order chi connectivity index (χ0) is 15.7.